The summed E-state index contributed by atoms with van der Waals surface area (Å²) >= 11 is 3.47. The van der Waals surface area contributed by atoms with Gasteiger partial charge in [-0.05, 0) is 49.3 Å². The van der Waals surface area contributed by atoms with Gasteiger partial charge in [-0.15, -0.1) is 0 Å². The Morgan fingerprint density at radius 1 is 1.42 bits per heavy atom. The molecule has 0 spiro atoms. The van der Waals surface area contributed by atoms with Crippen molar-refractivity contribution in [2.24, 2.45) is 11.8 Å². The Bertz CT molecular complexity index is 458. The molecule has 0 bridgehead atoms. The molecule has 1 aliphatic rings. The van der Waals surface area contributed by atoms with Gasteiger partial charge in [0.1, 0.15) is 0 Å². The van der Waals surface area contributed by atoms with E-state index >= 15 is 0 Å². The molecule has 1 aromatic carbocycles. The van der Waals surface area contributed by atoms with Crippen LogP contribution in [0.15, 0.2) is 22.7 Å². The van der Waals surface area contributed by atoms with Crippen LogP contribution < -0.4 is 5.32 Å². The van der Waals surface area contributed by atoms with Gasteiger partial charge in [0, 0.05) is 16.6 Å². The minimum absolute atomic E-state index is 0.0528. The fraction of sp³-hybridized carbons (Fsp3) is 0.562. The Kier molecular flexibility index (Phi) is 5.03. The second-order valence-electron chi connectivity index (χ2n) is 5.76. The van der Waals surface area contributed by atoms with Crippen LogP contribution in [0.4, 0.5) is 0 Å². The number of hydrogen-bond acceptors (Lipinski definition) is 1. The van der Waals surface area contributed by atoms with Crippen molar-refractivity contribution in [1.29, 1.82) is 0 Å². The second-order valence-corrected chi connectivity index (χ2v) is 6.61. The third-order valence-electron chi connectivity index (χ3n) is 4.11. The van der Waals surface area contributed by atoms with Gasteiger partial charge < -0.3 is 5.32 Å². The lowest BCUT2D eigenvalue weighted by molar-refractivity contribution is 0.0940. The number of benzene rings is 1. The first-order valence-electron chi connectivity index (χ1n) is 7.11. The van der Waals surface area contributed by atoms with E-state index in [0.29, 0.717) is 5.92 Å². The zero-order chi connectivity index (χ0) is 13.8. The van der Waals surface area contributed by atoms with Crippen LogP contribution in [-0.2, 0) is 0 Å². The molecule has 2 nitrogen and oxygen atoms in total. The first kappa shape index (κ1) is 14.6. The highest BCUT2D eigenvalue weighted by Gasteiger charge is 2.20. The Morgan fingerprint density at radius 2 is 2.21 bits per heavy atom. The van der Waals surface area contributed by atoms with Crippen LogP contribution >= 0.6 is 15.9 Å². The quantitative estimate of drug-likeness (QED) is 0.882. The van der Waals surface area contributed by atoms with Crippen molar-refractivity contribution in [2.45, 2.75) is 39.5 Å². The van der Waals surface area contributed by atoms with Gasteiger partial charge in [0.15, 0.2) is 0 Å². The van der Waals surface area contributed by atoms with Crippen LogP contribution in [0.1, 0.15) is 48.5 Å². The van der Waals surface area contributed by atoms with E-state index in [4.69, 9.17) is 0 Å². The van der Waals surface area contributed by atoms with Crippen molar-refractivity contribution in [3.8, 4) is 0 Å². The van der Waals surface area contributed by atoms with Gasteiger partial charge >= 0.3 is 0 Å². The predicted molar refractivity (Wildman–Crippen MR) is 82.3 cm³/mol. The maximum absolute atomic E-state index is 12.2. The lowest BCUT2D eigenvalue weighted by Gasteiger charge is -2.26. The van der Waals surface area contributed by atoms with Crippen LogP contribution in [0, 0.1) is 18.8 Å². The molecule has 0 heterocycles. The van der Waals surface area contributed by atoms with Gasteiger partial charge in [-0.2, -0.15) is 0 Å². The van der Waals surface area contributed by atoms with E-state index in [9.17, 15) is 4.79 Å². The maximum atomic E-state index is 12.2. The Morgan fingerprint density at radius 3 is 2.95 bits per heavy atom. The summed E-state index contributed by atoms with van der Waals surface area (Å²) in [5.41, 5.74) is 1.79. The molecule has 19 heavy (non-hydrogen) atoms. The van der Waals surface area contributed by atoms with E-state index in [-0.39, 0.29) is 5.91 Å². The lowest BCUT2D eigenvalue weighted by Crippen LogP contribution is -2.31. The molecule has 0 saturated heterocycles. The molecule has 2 atom stereocenters. The van der Waals surface area contributed by atoms with Gasteiger partial charge in [0.05, 0.1) is 0 Å². The van der Waals surface area contributed by atoms with Crippen molar-refractivity contribution in [2.75, 3.05) is 6.54 Å². The topological polar surface area (TPSA) is 29.1 Å². The summed E-state index contributed by atoms with van der Waals surface area (Å²) in [5.74, 6) is 1.51. The Labute approximate surface area is 124 Å². The van der Waals surface area contributed by atoms with E-state index in [1.165, 1.54) is 25.7 Å². The maximum Gasteiger partial charge on any atom is 0.251 e. The normalized spacial score (nSPS) is 23.1. The lowest BCUT2D eigenvalue weighted by atomic mass is 9.82. The summed E-state index contributed by atoms with van der Waals surface area (Å²) in [6, 6.07) is 5.77. The average Bonchev–Trinajstić information content (AvgIpc) is 2.39. The van der Waals surface area contributed by atoms with E-state index < -0.39 is 0 Å². The number of carbonyl (C=O) groups is 1. The molecule has 0 radical (unpaired) electrons. The molecule has 1 saturated carbocycles. The highest BCUT2D eigenvalue weighted by Crippen LogP contribution is 2.28. The summed E-state index contributed by atoms with van der Waals surface area (Å²) in [5, 5.41) is 3.10. The predicted octanol–water partition coefficient (Wildman–Crippen LogP) is 4.31. The molecule has 0 aromatic heterocycles. The van der Waals surface area contributed by atoms with Gasteiger partial charge in [-0.1, -0.05) is 41.8 Å². The molecule has 1 aromatic rings. The van der Waals surface area contributed by atoms with Crippen LogP contribution in [0.25, 0.3) is 0 Å². The second kappa shape index (κ2) is 6.56. The van der Waals surface area contributed by atoms with E-state index in [2.05, 4.69) is 28.2 Å². The minimum atomic E-state index is 0.0528. The molecule has 1 N–H and O–H groups in total. The first-order valence-corrected chi connectivity index (χ1v) is 7.90. The summed E-state index contributed by atoms with van der Waals surface area (Å²) < 4.78 is 0.992. The van der Waals surface area contributed by atoms with Crippen molar-refractivity contribution in [3.63, 3.8) is 0 Å². The van der Waals surface area contributed by atoms with Crippen LogP contribution in [0.3, 0.4) is 0 Å². The Balaban J connectivity index is 1.92. The van der Waals surface area contributed by atoms with Gasteiger partial charge in [-0.3, -0.25) is 4.79 Å². The minimum Gasteiger partial charge on any atom is -0.352 e. The fourth-order valence-corrected chi connectivity index (χ4v) is 3.30. The average molecular weight is 324 g/mol. The molecule has 1 fully saturated rings. The smallest absolute Gasteiger partial charge is 0.251 e. The fourth-order valence-electron chi connectivity index (χ4n) is 2.93. The summed E-state index contributed by atoms with van der Waals surface area (Å²) in [6.45, 7) is 5.10. The third kappa shape index (κ3) is 3.82. The van der Waals surface area contributed by atoms with Crippen LogP contribution in [-0.4, -0.2) is 12.5 Å². The number of carbonyl (C=O) groups excluding carboxylic acids is 1. The molecule has 2 unspecified atom stereocenters. The van der Waals surface area contributed by atoms with Crippen molar-refractivity contribution in [1.82, 2.24) is 5.32 Å². The molecular weight excluding hydrogens is 302 g/mol. The number of amides is 1. The third-order valence-corrected chi connectivity index (χ3v) is 4.97. The number of halogens is 1. The van der Waals surface area contributed by atoms with E-state index in [1.807, 2.05) is 25.1 Å². The SMILES string of the molecule is Cc1c(Br)cccc1C(=O)NCC1CCCC(C)C1. The van der Waals surface area contributed by atoms with Crippen molar-refractivity contribution in [3.05, 3.63) is 33.8 Å². The monoisotopic (exact) mass is 323 g/mol. The standard InChI is InChI=1S/C16H22BrNO/c1-11-5-3-6-13(9-11)10-18-16(19)14-7-4-8-15(17)12(14)2/h4,7-8,11,13H,3,5-6,9-10H2,1-2H3,(H,18,19). The molecule has 104 valence electrons. The number of nitrogens with one attached hydrogen (secondary N) is 1. The summed E-state index contributed by atoms with van der Waals surface area (Å²) in [4.78, 5) is 12.2. The highest BCUT2D eigenvalue weighted by molar-refractivity contribution is 9.10. The highest BCUT2D eigenvalue weighted by atomic mass is 79.9. The largest absolute Gasteiger partial charge is 0.352 e. The van der Waals surface area contributed by atoms with E-state index in [0.717, 1.165) is 28.1 Å². The van der Waals surface area contributed by atoms with Gasteiger partial charge in [0.25, 0.3) is 5.91 Å². The van der Waals surface area contributed by atoms with Crippen LogP contribution in [0.2, 0.25) is 0 Å². The van der Waals surface area contributed by atoms with Gasteiger partial charge in [-0.25, -0.2) is 0 Å². The van der Waals surface area contributed by atoms with Gasteiger partial charge in [0.2, 0.25) is 0 Å². The zero-order valence-corrected chi connectivity index (χ0v) is 13.3. The molecule has 0 aliphatic heterocycles. The molecule has 1 aliphatic carbocycles. The Hall–Kier alpha value is -0.830. The molecular formula is C16H22BrNO. The first-order chi connectivity index (χ1) is 9.08. The number of hydrogen-bond donors (Lipinski definition) is 1. The van der Waals surface area contributed by atoms with Crippen LogP contribution in [0.5, 0.6) is 0 Å². The zero-order valence-electron chi connectivity index (χ0n) is 11.7. The molecule has 1 amide bonds. The van der Waals surface area contributed by atoms with E-state index in [1.54, 1.807) is 0 Å². The summed E-state index contributed by atoms with van der Waals surface area (Å²) in [7, 11) is 0. The van der Waals surface area contributed by atoms with Crippen molar-refractivity contribution < 1.29 is 4.79 Å². The van der Waals surface area contributed by atoms with Crippen molar-refractivity contribution >= 4 is 21.8 Å². The molecule has 3 heteroatoms. The summed E-state index contributed by atoms with van der Waals surface area (Å²) in [6.07, 6.45) is 5.15. The number of rotatable bonds is 3. The molecule has 2 rings (SSSR count).